The maximum absolute atomic E-state index is 13.3. The van der Waals surface area contributed by atoms with Gasteiger partial charge in [0.1, 0.15) is 5.67 Å². The molecule has 0 amide bonds. The summed E-state index contributed by atoms with van der Waals surface area (Å²) in [4.78, 5) is 11.3. The molecule has 0 unspecified atom stereocenters. The van der Waals surface area contributed by atoms with Crippen molar-refractivity contribution >= 4 is 5.97 Å². The van der Waals surface area contributed by atoms with Crippen LogP contribution >= 0.6 is 0 Å². The van der Waals surface area contributed by atoms with Crippen molar-refractivity contribution in [3.63, 3.8) is 0 Å². The number of halogens is 1. The van der Waals surface area contributed by atoms with Gasteiger partial charge in [0.15, 0.2) is 0 Å². The van der Waals surface area contributed by atoms with Crippen LogP contribution in [-0.2, 0) is 9.53 Å². The van der Waals surface area contributed by atoms with Crippen LogP contribution in [0.25, 0.3) is 0 Å². The highest BCUT2D eigenvalue weighted by Gasteiger charge is 2.34. The van der Waals surface area contributed by atoms with Crippen LogP contribution in [0, 0.1) is 5.92 Å². The van der Waals surface area contributed by atoms with Gasteiger partial charge in [0.2, 0.25) is 0 Å². The first-order valence-electron chi connectivity index (χ1n) is 4.91. The molecule has 0 radical (unpaired) electrons. The molecule has 1 fully saturated rings. The number of esters is 1. The average molecular weight is 188 g/mol. The van der Waals surface area contributed by atoms with Gasteiger partial charge in [-0.25, -0.2) is 4.39 Å². The van der Waals surface area contributed by atoms with E-state index in [0.717, 1.165) is 0 Å². The van der Waals surface area contributed by atoms with E-state index in [1.165, 1.54) is 0 Å². The first-order chi connectivity index (χ1) is 6.05. The first kappa shape index (κ1) is 10.5. The van der Waals surface area contributed by atoms with E-state index in [-0.39, 0.29) is 11.9 Å². The molecular weight excluding hydrogens is 171 g/mol. The molecule has 13 heavy (non-hydrogen) atoms. The summed E-state index contributed by atoms with van der Waals surface area (Å²) < 4.78 is 18.2. The molecule has 0 aromatic heterocycles. The van der Waals surface area contributed by atoms with E-state index in [0.29, 0.717) is 32.3 Å². The fraction of sp³-hybridized carbons (Fsp3) is 0.900. The fourth-order valence-corrected chi connectivity index (χ4v) is 1.72. The summed E-state index contributed by atoms with van der Waals surface area (Å²) in [7, 11) is 0. The van der Waals surface area contributed by atoms with Crippen LogP contribution < -0.4 is 0 Å². The summed E-state index contributed by atoms with van der Waals surface area (Å²) in [5.74, 6) is -0.221. The quantitative estimate of drug-likeness (QED) is 0.622. The van der Waals surface area contributed by atoms with Gasteiger partial charge in [-0.15, -0.1) is 0 Å². The van der Waals surface area contributed by atoms with Gasteiger partial charge in [0, 0.05) is 0 Å². The minimum atomic E-state index is -1.07. The highest BCUT2D eigenvalue weighted by molar-refractivity contribution is 5.72. The Labute approximate surface area is 78.5 Å². The number of carbonyl (C=O) groups is 1. The van der Waals surface area contributed by atoms with Crippen molar-refractivity contribution in [3.05, 3.63) is 0 Å². The Morgan fingerprint density at radius 2 is 2.08 bits per heavy atom. The maximum atomic E-state index is 13.3. The summed E-state index contributed by atoms with van der Waals surface area (Å²) in [6, 6.07) is 0. The molecule has 0 aromatic rings. The average Bonchev–Trinajstić information content (AvgIpc) is 2.04. The second kappa shape index (κ2) is 4.07. The Hall–Kier alpha value is -0.600. The third-order valence-electron chi connectivity index (χ3n) is 2.65. The van der Waals surface area contributed by atoms with Crippen molar-refractivity contribution in [2.75, 3.05) is 6.61 Å². The molecule has 0 bridgehead atoms. The number of alkyl halides is 1. The summed E-state index contributed by atoms with van der Waals surface area (Å²) in [6.45, 7) is 3.82. The lowest BCUT2D eigenvalue weighted by Crippen LogP contribution is -2.30. The van der Waals surface area contributed by atoms with Gasteiger partial charge in [-0.2, -0.15) is 0 Å². The molecule has 0 saturated heterocycles. The Morgan fingerprint density at radius 1 is 1.54 bits per heavy atom. The van der Waals surface area contributed by atoms with Gasteiger partial charge in [-0.05, 0) is 39.5 Å². The molecule has 0 N–H and O–H groups in total. The van der Waals surface area contributed by atoms with Gasteiger partial charge in [0.25, 0.3) is 0 Å². The normalized spacial score (nSPS) is 34.2. The highest BCUT2D eigenvalue weighted by atomic mass is 19.1. The minimum Gasteiger partial charge on any atom is -0.466 e. The predicted octanol–water partition coefficient (Wildman–Crippen LogP) is 2.47. The first-order valence-corrected chi connectivity index (χ1v) is 4.91. The number of ether oxygens (including phenoxy) is 1. The smallest absolute Gasteiger partial charge is 0.308 e. The van der Waals surface area contributed by atoms with Crippen molar-refractivity contribution in [2.24, 2.45) is 5.92 Å². The second-order valence-corrected chi connectivity index (χ2v) is 3.94. The molecule has 3 heteroatoms. The zero-order chi connectivity index (χ0) is 9.90. The van der Waals surface area contributed by atoms with Crippen molar-refractivity contribution in [1.82, 2.24) is 0 Å². The third kappa shape index (κ3) is 2.98. The molecule has 0 aliphatic heterocycles. The topological polar surface area (TPSA) is 26.3 Å². The standard InChI is InChI=1S/C10H17FO2/c1-3-13-9(12)8-4-6-10(2,11)7-5-8/h8H,3-7H2,1-2H3. The van der Waals surface area contributed by atoms with Gasteiger partial charge in [-0.1, -0.05) is 0 Å². The number of hydrogen-bond donors (Lipinski definition) is 0. The lowest BCUT2D eigenvalue weighted by molar-refractivity contribution is -0.150. The number of carbonyl (C=O) groups excluding carboxylic acids is 1. The van der Waals surface area contributed by atoms with E-state index in [1.807, 2.05) is 0 Å². The molecule has 0 atom stereocenters. The molecule has 76 valence electrons. The van der Waals surface area contributed by atoms with E-state index < -0.39 is 5.67 Å². The summed E-state index contributed by atoms with van der Waals surface area (Å²) in [5, 5.41) is 0. The van der Waals surface area contributed by atoms with E-state index in [9.17, 15) is 9.18 Å². The van der Waals surface area contributed by atoms with Crippen molar-refractivity contribution in [3.8, 4) is 0 Å². The molecule has 0 aromatic carbocycles. The highest BCUT2D eigenvalue weighted by Crippen LogP contribution is 2.34. The summed E-state index contributed by atoms with van der Waals surface area (Å²) >= 11 is 0. The van der Waals surface area contributed by atoms with Crippen molar-refractivity contribution in [1.29, 1.82) is 0 Å². The minimum absolute atomic E-state index is 0.0659. The Balaban J connectivity index is 2.36. The van der Waals surface area contributed by atoms with Crippen LogP contribution in [0.15, 0.2) is 0 Å². The van der Waals surface area contributed by atoms with Crippen molar-refractivity contribution < 1.29 is 13.9 Å². The molecule has 1 aliphatic carbocycles. The molecule has 2 nitrogen and oxygen atoms in total. The van der Waals surface area contributed by atoms with Crippen LogP contribution in [0.3, 0.4) is 0 Å². The molecule has 0 heterocycles. The van der Waals surface area contributed by atoms with E-state index in [2.05, 4.69) is 0 Å². The van der Waals surface area contributed by atoms with E-state index in [1.54, 1.807) is 13.8 Å². The van der Waals surface area contributed by atoms with Gasteiger partial charge in [0.05, 0.1) is 12.5 Å². The third-order valence-corrected chi connectivity index (χ3v) is 2.65. The van der Waals surface area contributed by atoms with Crippen LogP contribution in [0.4, 0.5) is 4.39 Å². The SMILES string of the molecule is CCOC(=O)C1CCC(C)(F)CC1. The number of rotatable bonds is 2. The molecule has 1 rings (SSSR count). The van der Waals surface area contributed by atoms with Crippen LogP contribution in [0.1, 0.15) is 39.5 Å². The maximum Gasteiger partial charge on any atom is 0.308 e. The zero-order valence-electron chi connectivity index (χ0n) is 8.31. The van der Waals surface area contributed by atoms with Crippen LogP contribution in [0.5, 0.6) is 0 Å². The van der Waals surface area contributed by atoms with Gasteiger partial charge < -0.3 is 4.74 Å². The van der Waals surface area contributed by atoms with Gasteiger partial charge in [-0.3, -0.25) is 4.79 Å². The van der Waals surface area contributed by atoms with Gasteiger partial charge >= 0.3 is 5.97 Å². The second-order valence-electron chi connectivity index (χ2n) is 3.94. The molecule has 1 aliphatic rings. The van der Waals surface area contributed by atoms with Crippen LogP contribution in [0.2, 0.25) is 0 Å². The Bertz CT molecular complexity index is 179. The monoisotopic (exact) mass is 188 g/mol. The lowest BCUT2D eigenvalue weighted by atomic mass is 9.81. The molecular formula is C10H17FO2. The summed E-state index contributed by atoms with van der Waals surface area (Å²) in [6.07, 6.45) is 2.23. The Morgan fingerprint density at radius 3 is 2.54 bits per heavy atom. The molecule has 0 spiro atoms. The predicted molar refractivity (Wildman–Crippen MR) is 48.1 cm³/mol. The fourth-order valence-electron chi connectivity index (χ4n) is 1.72. The molecule has 1 saturated carbocycles. The lowest BCUT2D eigenvalue weighted by Gasteiger charge is -2.29. The largest absolute Gasteiger partial charge is 0.466 e. The summed E-state index contributed by atoms with van der Waals surface area (Å²) in [5.41, 5.74) is -1.07. The number of hydrogen-bond acceptors (Lipinski definition) is 2. The van der Waals surface area contributed by atoms with Crippen molar-refractivity contribution in [2.45, 2.75) is 45.2 Å². The zero-order valence-corrected chi connectivity index (χ0v) is 8.31. The van der Waals surface area contributed by atoms with E-state index in [4.69, 9.17) is 4.74 Å². The Kier molecular flexibility index (Phi) is 3.28. The van der Waals surface area contributed by atoms with Crippen LogP contribution in [-0.4, -0.2) is 18.2 Å². The van der Waals surface area contributed by atoms with E-state index >= 15 is 0 Å².